The van der Waals surface area contributed by atoms with Crippen LogP contribution in [-0.2, 0) is 6.61 Å². The first-order valence-electron chi connectivity index (χ1n) is 12.1. The molecule has 4 aromatic carbocycles. The lowest BCUT2D eigenvalue weighted by atomic mass is 10.2. The molecule has 0 atom stereocenters. The summed E-state index contributed by atoms with van der Waals surface area (Å²) in [6, 6.07) is 23.1. The number of nitrogens with zero attached hydrogens (tertiary/aromatic N) is 1. The molecule has 0 unspecified atom stereocenters. The summed E-state index contributed by atoms with van der Waals surface area (Å²) in [6.45, 7) is 2.43. The van der Waals surface area contributed by atoms with Crippen molar-refractivity contribution in [3.63, 3.8) is 0 Å². The molecule has 4 rings (SSSR count). The molecule has 4 aromatic rings. The van der Waals surface area contributed by atoms with Gasteiger partial charge in [0.2, 0.25) is 0 Å². The van der Waals surface area contributed by atoms with Crippen LogP contribution in [0.15, 0.2) is 90.0 Å². The van der Waals surface area contributed by atoms with E-state index in [-0.39, 0.29) is 12.4 Å². The molecule has 0 fully saturated rings. The molecule has 1 N–H and O–H groups in total. The van der Waals surface area contributed by atoms with E-state index >= 15 is 0 Å². The molecule has 0 aliphatic heterocycles. The largest absolute Gasteiger partial charge is 0.490 e. The zero-order valence-electron chi connectivity index (χ0n) is 21.2. The third kappa shape index (κ3) is 7.99. The maximum absolute atomic E-state index is 12.5. The maximum atomic E-state index is 12.5. The first-order valence-corrected chi connectivity index (χ1v) is 13.2. The number of carbonyl (C=O) groups is 2. The van der Waals surface area contributed by atoms with Crippen LogP contribution >= 0.6 is 34.8 Å². The van der Waals surface area contributed by atoms with Crippen LogP contribution in [-0.4, -0.2) is 24.7 Å². The van der Waals surface area contributed by atoms with Gasteiger partial charge in [-0.3, -0.25) is 4.79 Å². The standard InChI is InChI=1S/C30H23Cl3N2O5/c1-2-38-28-15-19(3-14-27(28)40-30(37)21-4-9-23(31)10-5-21)17-34-35-29(36)20-7-12-25(13-8-20)39-18-22-6-11-24(32)16-26(22)33/h3-17H,2,18H2,1H3,(H,35,36)/b34-17+. The van der Waals surface area contributed by atoms with Gasteiger partial charge >= 0.3 is 5.97 Å². The minimum Gasteiger partial charge on any atom is -0.490 e. The minimum atomic E-state index is -0.545. The Balaban J connectivity index is 1.34. The number of halogens is 3. The molecule has 40 heavy (non-hydrogen) atoms. The van der Waals surface area contributed by atoms with E-state index in [4.69, 9.17) is 49.0 Å². The van der Waals surface area contributed by atoms with E-state index in [9.17, 15) is 9.59 Å². The normalized spacial score (nSPS) is 10.8. The van der Waals surface area contributed by atoms with Gasteiger partial charge in [-0.25, -0.2) is 10.2 Å². The van der Waals surface area contributed by atoms with Crippen molar-refractivity contribution in [2.75, 3.05) is 6.61 Å². The Morgan fingerprint density at radius 1 is 0.800 bits per heavy atom. The fourth-order valence-corrected chi connectivity index (χ4v) is 4.02. The van der Waals surface area contributed by atoms with Crippen molar-refractivity contribution in [1.82, 2.24) is 5.43 Å². The van der Waals surface area contributed by atoms with Crippen molar-refractivity contribution in [3.05, 3.63) is 122 Å². The predicted molar refractivity (Wildman–Crippen MR) is 156 cm³/mol. The van der Waals surface area contributed by atoms with Gasteiger partial charge in [-0.1, -0.05) is 40.9 Å². The Hall–Kier alpha value is -4.04. The first kappa shape index (κ1) is 29.0. The van der Waals surface area contributed by atoms with Gasteiger partial charge in [0.1, 0.15) is 12.4 Å². The molecule has 0 saturated heterocycles. The summed E-state index contributed by atoms with van der Waals surface area (Å²) in [7, 11) is 0. The van der Waals surface area contributed by atoms with Gasteiger partial charge in [-0.15, -0.1) is 0 Å². The summed E-state index contributed by atoms with van der Waals surface area (Å²) >= 11 is 18.0. The number of hydrogen-bond acceptors (Lipinski definition) is 6. The average molecular weight is 598 g/mol. The van der Waals surface area contributed by atoms with Gasteiger partial charge in [0.05, 0.1) is 18.4 Å². The van der Waals surface area contributed by atoms with E-state index in [0.717, 1.165) is 5.56 Å². The molecular formula is C30H23Cl3N2O5. The molecule has 0 aromatic heterocycles. The third-order valence-electron chi connectivity index (χ3n) is 5.46. The van der Waals surface area contributed by atoms with E-state index in [1.807, 2.05) is 6.92 Å². The summed E-state index contributed by atoms with van der Waals surface area (Å²) in [4.78, 5) is 25.0. The number of esters is 1. The first-order chi connectivity index (χ1) is 19.3. The number of hydrazone groups is 1. The number of hydrogen-bond donors (Lipinski definition) is 1. The summed E-state index contributed by atoms with van der Waals surface area (Å²) < 4.78 is 16.9. The van der Waals surface area contributed by atoms with Crippen molar-refractivity contribution in [2.45, 2.75) is 13.5 Å². The fourth-order valence-electron chi connectivity index (χ4n) is 3.43. The van der Waals surface area contributed by atoms with Crippen LogP contribution < -0.4 is 19.6 Å². The monoisotopic (exact) mass is 596 g/mol. The predicted octanol–water partition coefficient (Wildman–Crippen LogP) is 7.61. The summed E-state index contributed by atoms with van der Waals surface area (Å²) in [5.74, 6) is 0.240. The summed E-state index contributed by atoms with van der Waals surface area (Å²) in [5.41, 5.74) is 4.65. The zero-order chi connectivity index (χ0) is 28.5. The molecule has 0 heterocycles. The number of ether oxygens (including phenoxy) is 3. The van der Waals surface area contributed by atoms with Crippen molar-refractivity contribution >= 4 is 52.9 Å². The van der Waals surface area contributed by atoms with Crippen LogP contribution in [0.5, 0.6) is 17.2 Å². The van der Waals surface area contributed by atoms with Crippen LogP contribution in [0.4, 0.5) is 0 Å². The molecule has 204 valence electrons. The van der Waals surface area contributed by atoms with E-state index in [1.54, 1.807) is 84.9 Å². The molecule has 7 nitrogen and oxygen atoms in total. The van der Waals surface area contributed by atoms with E-state index in [2.05, 4.69) is 10.5 Å². The highest BCUT2D eigenvalue weighted by molar-refractivity contribution is 6.35. The summed E-state index contributed by atoms with van der Waals surface area (Å²) in [6.07, 6.45) is 1.46. The number of rotatable bonds is 10. The maximum Gasteiger partial charge on any atom is 0.343 e. The molecule has 10 heteroatoms. The van der Waals surface area contributed by atoms with Crippen LogP contribution in [0.1, 0.15) is 38.8 Å². The van der Waals surface area contributed by atoms with Gasteiger partial charge in [-0.05, 0) is 91.3 Å². The Labute approximate surface area is 246 Å². The topological polar surface area (TPSA) is 86.2 Å². The van der Waals surface area contributed by atoms with Crippen molar-refractivity contribution in [3.8, 4) is 17.2 Å². The zero-order valence-corrected chi connectivity index (χ0v) is 23.5. The average Bonchev–Trinajstić information content (AvgIpc) is 2.94. The second kappa shape index (κ2) is 13.8. The van der Waals surface area contributed by atoms with Crippen LogP contribution in [0.2, 0.25) is 15.1 Å². The fraction of sp³-hybridized carbons (Fsp3) is 0.100. The lowest BCUT2D eigenvalue weighted by Gasteiger charge is -2.11. The van der Waals surface area contributed by atoms with Gasteiger partial charge in [0.25, 0.3) is 5.91 Å². The lowest BCUT2D eigenvalue weighted by Crippen LogP contribution is -2.17. The second-order valence-electron chi connectivity index (χ2n) is 8.28. The van der Waals surface area contributed by atoms with Gasteiger partial charge in [0, 0.05) is 26.2 Å². The molecule has 0 saturated carbocycles. The van der Waals surface area contributed by atoms with Gasteiger partial charge in [0.15, 0.2) is 11.5 Å². The Morgan fingerprint density at radius 3 is 2.20 bits per heavy atom. The second-order valence-corrected chi connectivity index (χ2v) is 9.56. The number of amides is 1. The SMILES string of the molecule is CCOc1cc(/C=N/NC(=O)c2ccc(OCc3ccc(Cl)cc3Cl)cc2)ccc1OC(=O)c1ccc(Cl)cc1. The van der Waals surface area contributed by atoms with Crippen molar-refractivity contribution < 1.29 is 23.8 Å². The molecule has 1 amide bonds. The van der Waals surface area contributed by atoms with Crippen LogP contribution in [0.25, 0.3) is 0 Å². The quantitative estimate of drug-likeness (QED) is 0.0880. The van der Waals surface area contributed by atoms with E-state index in [1.165, 1.54) is 6.21 Å². The lowest BCUT2D eigenvalue weighted by molar-refractivity contribution is 0.0728. The highest BCUT2D eigenvalue weighted by Crippen LogP contribution is 2.29. The molecule has 0 aliphatic rings. The van der Waals surface area contributed by atoms with Crippen LogP contribution in [0, 0.1) is 0 Å². The van der Waals surface area contributed by atoms with E-state index < -0.39 is 11.9 Å². The third-order valence-corrected chi connectivity index (χ3v) is 6.29. The van der Waals surface area contributed by atoms with Crippen LogP contribution in [0.3, 0.4) is 0 Å². The number of benzene rings is 4. The van der Waals surface area contributed by atoms with Crippen molar-refractivity contribution in [2.24, 2.45) is 5.10 Å². The smallest absolute Gasteiger partial charge is 0.343 e. The Bertz CT molecular complexity index is 1520. The van der Waals surface area contributed by atoms with E-state index in [0.29, 0.717) is 49.9 Å². The number of nitrogens with one attached hydrogen (secondary N) is 1. The minimum absolute atomic E-state index is 0.253. The number of carbonyl (C=O) groups excluding carboxylic acids is 2. The molecule has 0 radical (unpaired) electrons. The summed E-state index contributed by atoms with van der Waals surface area (Å²) in [5, 5.41) is 5.61. The Kier molecular flexibility index (Phi) is 10.0. The molecule has 0 aliphatic carbocycles. The molecule has 0 spiro atoms. The highest BCUT2D eigenvalue weighted by atomic mass is 35.5. The van der Waals surface area contributed by atoms with Gasteiger partial charge in [-0.2, -0.15) is 5.10 Å². The molecular weight excluding hydrogens is 575 g/mol. The highest BCUT2D eigenvalue weighted by Gasteiger charge is 2.13. The van der Waals surface area contributed by atoms with Crippen molar-refractivity contribution in [1.29, 1.82) is 0 Å². The van der Waals surface area contributed by atoms with Gasteiger partial charge < -0.3 is 14.2 Å². The Morgan fingerprint density at radius 2 is 1.50 bits per heavy atom. The molecule has 0 bridgehead atoms.